The summed E-state index contributed by atoms with van der Waals surface area (Å²) in [6.45, 7) is 8.42. The first-order chi connectivity index (χ1) is 8.95. The van der Waals surface area contributed by atoms with Gasteiger partial charge in [-0.05, 0) is 53.4 Å². The van der Waals surface area contributed by atoms with Gasteiger partial charge in [0.1, 0.15) is 0 Å². The predicted octanol–water partition coefficient (Wildman–Crippen LogP) is 4.30. The van der Waals surface area contributed by atoms with E-state index in [-0.39, 0.29) is 12.3 Å². The first-order valence-corrected chi connectivity index (χ1v) is 6.83. The second-order valence-electron chi connectivity index (χ2n) is 5.20. The maximum atomic E-state index is 10.8. The van der Waals surface area contributed by atoms with Gasteiger partial charge in [0.2, 0.25) is 5.91 Å². The van der Waals surface area contributed by atoms with Crippen molar-refractivity contribution >= 4 is 5.91 Å². The van der Waals surface area contributed by atoms with Crippen LogP contribution in [-0.4, -0.2) is 11.1 Å². The van der Waals surface area contributed by atoms with Crippen LogP contribution in [0.25, 0.3) is 0 Å². The van der Waals surface area contributed by atoms with Crippen molar-refractivity contribution in [3.8, 4) is 0 Å². The molecule has 0 unspecified atom stereocenters. The van der Waals surface area contributed by atoms with Crippen LogP contribution in [0.3, 0.4) is 0 Å². The van der Waals surface area contributed by atoms with Crippen molar-refractivity contribution in [3.05, 3.63) is 34.9 Å². The Bertz CT molecular complexity index is 361. The molecule has 3 nitrogen and oxygen atoms in total. The largest absolute Gasteiger partial charge is 0.289 e. The van der Waals surface area contributed by atoms with E-state index in [2.05, 4.69) is 32.9 Å². The van der Waals surface area contributed by atoms with Crippen LogP contribution in [0.15, 0.2) is 34.9 Å². The molecule has 0 fully saturated rings. The zero-order valence-electron chi connectivity index (χ0n) is 12.6. The van der Waals surface area contributed by atoms with Gasteiger partial charge in [-0.1, -0.05) is 34.9 Å². The van der Waals surface area contributed by atoms with Gasteiger partial charge in [0.05, 0.1) is 0 Å². The average Bonchev–Trinajstić information content (AvgIpc) is 2.35. The second-order valence-corrected chi connectivity index (χ2v) is 5.20. The molecule has 3 heteroatoms. The van der Waals surface area contributed by atoms with E-state index in [9.17, 15) is 4.79 Å². The smallest absolute Gasteiger partial charge is 0.247 e. The molecule has 0 aliphatic heterocycles. The van der Waals surface area contributed by atoms with Crippen LogP contribution >= 0.6 is 0 Å². The first-order valence-electron chi connectivity index (χ1n) is 6.83. The highest BCUT2D eigenvalue weighted by Gasteiger charge is 1.96. The van der Waals surface area contributed by atoms with E-state index in [0.717, 1.165) is 25.7 Å². The molecule has 0 bridgehead atoms. The van der Waals surface area contributed by atoms with Crippen LogP contribution in [0.5, 0.6) is 0 Å². The lowest BCUT2D eigenvalue weighted by Crippen LogP contribution is -2.17. The number of carbonyl (C=O) groups excluding carboxylic acids is 1. The van der Waals surface area contributed by atoms with Crippen LogP contribution in [0, 0.1) is 0 Å². The molecule has 1 amide bonds. The Morgan fingerprint density at radius 2 is 1.47 bits per heavy atom. The molecule has 0 aromatic rings. The quantitative estimate of drug-likeness (QED) is 0.390. The van der Waals surface area contributed by atoms with Crippen LogP contribution in [0.4, 0.5) is 0 Å². The summed E-state index contributed by atoms with van der Waals surface area (Å²) in [6.07, 6.45) is 10.8. The van der Waals surface area contributed by atoms with Crippen LogP contribution in [-0.2, 0) is 4.79 Å². The molecule has 108 valence electrons. The summed E-state index contributed by atoms with van der Waals surface area (Å²) in [5.74, 6) is -0.368. The Kier molecular flexibility index (Phi) is 9.81. The number of amides is 1. The average molecular weight is 265 g/mol. The molecule has 0 saturated carbocycles. The lowest BCUT2D eigenvalue weighted by Gasteiger charge is -2.01. The summed E-state index contributed by atoms with van der Waals surface area (Å²) in [5, 5.41) is 8.37. The minimum absolute atomic E-state index is 0.242. The minimum atomic E-state index is -0.368. The van der Waals surface area contributed by atoms with E-state index >= 15 is 0 Å². The van der Waals surface area contributed by atoms with Crippen molar-refractivity contribution in [1.29, 1.82) is 0 Å². The highest BCUT2D eigenvalue weighted by Crippen LogP contribution is 2.11. The maximum absolute atomic E-state index is 10.8. The Balaban J connectivity index is 3.93. The van der Waals surface area contributed by atoms with Gasteiger partial charge in [0.25, 0.3) is 0 Å². The number of allylic oxidation sites excluding steroid dienone is 5. The number of hydroxylamine groups is 1. The molecule has 2 N–H and O–H groups in total. The minimum Gasteiger partial charge on any atom is -0.289 e. The van der Waals surface area contributed by atoms with Crippen molar-refractivity contribution in [2.45, 2.75) is 59.8 Å². The van der Waals surface area contributed by atoms with Gasteiger partial charge < -0.3 is 0 Å². The highest BCUT2D eigenvalue weighted by atomic mass is 16.5. The molecular formula is C16H27NO2. The fourth-order valence-electron chi connectivity index (χ4n) is 1.65. The van der Waals surface area contributed by atoms with Crippen molar-refractivity contribution in [3.63, 3.8) is 0 Å². The third-order valence-electron chi connectivity index (χ3n) is 2.88. The van der Waals surface area contributed by atoms with E-state index in [1.807, 2.05) is 13.0 Å². The van der Waals surface area contributed by atoms with Gasteiger partial charge in [0, 0.05) is 6.42 Å². The summed E-state index contributed by atoms with van der Waals surface area (Å²) in [7, 11) is 0. The summed E-state index contributed by atoms with van der Waals surface area (Å²) in [6, 6.07) is 0. The number of rotatable bonds is 8. The Hall–Kier alpha value is -1.35. The van der Waals surface area contributed by atoms with E-state index in [1.54, 1.807) is 5.48 Å². The number of nitrogens with one attached hydrogen (secondary N) is 1. The fourth-order valence-corrected chi connectivity index (χ4v) is 1.65. The lowest BCUT2D eigenvalue weighted by molar-refractivity contribution is -0.128. The second kappa shape index (κ2) is 10.6. The van der Waals surface area contributed by atoms with Crippen LogP contribution in [0.2, 0.25) is 0 Å². The zero-order chi connectivity index (χ0) is 14.7. The summed E-state index contributed by atoms with van der Waals surface area (Å²) in [5.41, 5.74) is 5.59. The zero-order valence-corrected chi connectivity index (χ0v) is 12.6. The van der Waals surface area contributed by atoms with E-state index in [4.69, 9.17) is 5.21 Å². The molecular weight excluding hydrogens is 238 g/mol. The molecule has 0 aliphatic rings. The third-order valence-corrected chi connectivity index (χ3v) is 2.88. The Labute approximate surface area is 117 Å². The molecule has 0 aliphatic carbocycles. The molecule has 0 spiro atoms. The maximum Gasteiger partial charge on any atom is 0.247 e. The molecule has 0 radical (unpaired) electrons. The van der Waals surface area contributed by atoms with Crippen LogP contribution < -0.4 is 5.48 Å². The van der Waals surface area contributed by atoms with Crippen molar-refractivity contribution in [1.82, 2.24) is 5.48 Å². The van der Waals surface area contributed by atoms with Gasteiger partial charge in [-0.2, -0.15) is 0 Å². The molecule has 0 rings (SSSR count). The number of hydrogen-bond donors (Lipinski definition) is 2. The SMILES string of the molecule is CC(C)=CCC/C(C)=C/CC/C(C)=C/CC(=O)NO. The van der Waals surface area contributed by atoms with Crippen molar-refractivity contribution < 1.29 is 10.0 Å². The number of carbonyl (C=O) groups is 1. The third kappa shape index (κ3) is 11.5. The van der Waals surface area contributed by atoms with E-state index in [0.29, 0.717) is 0 Å². The van der Waals surface area contributed by atoms with E-state index < -0.39 is 0 Å². The van der Waals surface area contributed by atoms with Crippen molar-refractivity contribution in [2.24, 2.45) is 0 Å². The normalized spacial score (nSPS) is 12.3. The molecule has 0 heterocycles. The molecule has 0 aromatic heterocycles. The van der Waals surface area contributed by atoms with Gasteiger partial charge in [-0.25, -0.2) is 5.48 Å². The standard InChI is InChI=1S/C16H27NO2/c1-13(2)7-5-8-14(3)9-6-10-15(4)11-12-16(18)17-19/h7,9,11,19H,5-6,8,10,12H2,1-4H3,(H,17,18)/b14-9+,15-11+. The Morgan fingerprint density at radius 3 is 2.00 bits per heavy atom. The van der Waals surface area contributed by atoms with E-state index in [1.165, 1.54) is 16.7 Å². The lowest BCUT2D eigenvalue weighted by atomic mass is 10.1. The molecule has 19 heavy (non-hydrogen) atoms. The molecule has 0 saturated heterocycles. The molecule has 0 aromatic carbocycles. The van der Waals surface area contributed by atoms with Gasteiger partial charge in [-0.15, -0.1) is 0 Å². The van der Waals surface area contributed by atoms with Crippen molar-refractivity contribution in [2.75, 3.05) is 0 Å². The monoisotopic (exact) mass is 265 g/mol. The fraction of sp³-hybridized carbons (Fsp3) is 0.562. The molecule has 0 atom stereocenters. The summed E-state index contributed by atoms with van der Waals surface area (Å²) < 4.78 is 0. The number of hydrogen-bond acceptors (Lipinski definition) is 2. The predicted molar refractivity (Wildman–Crippen MR) is 80.0 cm³/mol. The first kappa shape index (κ1) is 17.6. The highest BCUT2D eigenvalue weighted by molar-refractivity contribution is 5.76. The Morgan fingerprint density at radius 1 is 0.947 bits per heavy atom. The topological polar surface area (TPSA) is 49.3 Å². The van der Waals surface area contributed by atoms with Crippen LogP contribution in [0.1, 0.15) is 59.8 Å². The van der Waals surface area contributed by atoms with Gasteiger partial charge >= 0.3 is 0 Å². The van der Waals surface area contributed by atoms with Gasteiger partial charge in [0.15, 0.2) is 0 Å². The van der Waals surface area contributed by atoms with Gasteiger partial charge in [-0.3, -0.25) is 10.0 Å². The summed E-state index contributed by atoms with van der Waals surface area (Å²) in [4.78, 5) is 10.8. The summed E-state index contributed by atoms with van der Waals surface area (Å²) >= 11 is 0.